The number of benzene rings is 2. The van der Waals surface area contributed by atoms with Crippen LogP contribution in [-0.2, 0) is 9.53 Å². The lowest BCUT2D eigenvalue weighted by Crippen LogP contribution is -2.42. The van der Waals surface area contributed by atoms with Crippen molar-refractivity contribution in [3.05, 3.63) is 65.2 Å². The van der Waals surface area contributed by atoms with Crippen molar-refractivity contribution >= 4 is 23.9 Å². The van der Waals surface area contributed by atoms with Gasteiger partial charge in [0, 0.05) is 13.1 Å². The molecule has 2 aromatic carbocycles. The summed E-state index contributed by atoms with van der Waals surface area (Å²) in [6.07, 6.45) is 1.43. The second-order valence-corrected chi connectivity index (χ2v) is 6.56. The van der Waals surface area contributed by atoms with E-state index < -0.39 is 11.8 Å². The third-order valence-electron chi connectivity index (χ3n) is 4.70. The normalized spacial score (nSPS) is 16.4. The molecule has 0 unspecified atom stereocenters. The Morgan fingerprint density at radius 1 is 1.00 bits per heavy atom. The molecule has 8 heteroatoms. The molecule has 0 aromatic heterocycles. The predicted molar refractivity (Wildman–Crippen MR) is 104 cm³/mol. The first-order valence-electron chi connectivity index (χ1n) is 9.23. The summed E-state index contributed by atoms with van der Waals surface area (Å²) < 4.78 is 10.8. The van der Waals surface area contributed by atoms with Crippen LogP contribution in [0.15, 0.2) is 53.6 Å². The van der Waals surface area contributed by atoms with Crippen LogP contribution in [-0.4, -0.2) is 66.8 Å². The van der Waals surface area contributed by atoms with Crippen molar-refractivity contribution in [1.82, 2.24) is 9.91 Å². The predicted octanol–water partition coefficient (Wildman–Crippen LogP) is 1.55. The lowest BCUT2D eigenvalue weighted by molar-refractivity contribution is -0.137. The summed E-state index contributed by atoms with van der Waals surface area (Å²) in [7, 11) is 0. The summed E-state index contributed by atoms with van der Waals surface area (Å²) in [4.78, 5) is 38.4. The van der Waals surface area contributed by atoms with Gasteiger partial charge in [-0.1, -0.05) is 12.1 Å². The molecule has 2 aliphatic rings. The average Bonchev–Trinajstić information content (AvgIpc) is 3.02. The molecular formula is C21H19N3O5. The van der Waals surface area contributed by atoms with Gasteiger partial charge in [0.2, 0.25) is 0 Å². The summed E-state index contributed by atoms with van der Waals surface area (Å²) >= 11 is 0. The number of nitrogens with zero attached hydrogens (tertiary/aromatic N) is 3. The molecule has 2 aromatic rings. The van der Waals surface area contributed by atoms with Gasteiger partial charge in [0.05, 0.1) is 30.6 Å². The van der Waals surface area contributed by atoms with Crippen LogP contribution in [0.5, 0.6) is 5.75 Å². The van der Waals surface area contributed by atoms with E-state index in [1.54, 1.807) is 53.4 Å². The summed E-state index contributed by atoms with van der Waals surface area (Å²) in [6.45, 7) is 2.22. The minimum Gasteiger partial charge on any atom is -0.484 e. The number of fused-ring (bicyclic) bond motifs is 1. The molecule has 0 saturated carbocycles. The van der Waals surface area contributed by atoms with Crippen molar-refractivity contribution in [3.8, 4) is 5.75 Å². The Morgan fingerprint density at radius 2 is 1.62 bits per heavy atom. The molecule has 0 bridgehead atoms. The summed E-state index contributed by atoms with van der Waals surface area (Å²) in [5.41, 5.74) is 1.39. The molecule has 29 heavy (non-hydrogen) atoms. The molecule has 0 aliphatic carbocycles. The fraction of sp³-hybridized carbons (Fsp3) is 0.238. The van der Waals surface area contributed by atoms with Gasteiger partial charge in [-0.05, 0) is 42.0 Å². The molecule has 0 N–H and O–H groups in total. The first kappa shape index (κ1) is 18.8. The van der Waals surface area contributed by atoms with Gasteiger partial charge in [-0.2, -0.15) is 10.1 Å². The number of hydrogen-bond acceptors (Lipinski definition) is 6. The van der Waals surface area contributed by atoms with Crippen LogP contribution >= 0.6 is 0 Å². The highest BCUT2D eigenvalue weighted by Crippen LogP contribution is 2.22. The number of hydrazone groups is 1. The van der Waals surface area contributed by atoms with Gasteiger partial charge in [-0.3, -0.25) is 14.4 Å². The van der Waals surface area contributed by atoms with Crippen LogP contribution in [0.25, 0.3) is 0 Å². The first-order chi connectivity index (χ1) is 14.1. The Morgan fingerprint density at radius 3 is 2.24 bits per heavy atom. The zero-order chi connectivity index (χ0) is 20.2. The van der Waals surface area contributed by atoms with Gasteiger partial charge in [0.15, 0.2) is 6.61 Å². The smallest absolute Gasteiger partial charge is 0.282 e. The lowest BCUT2D eigenvalue weighted by atomic mass is 10.1. The summed E-state index contributed by atoms with van der Waals surface area (Å²) in [5.74, 6) is -0.416. The van der Waals surface area contributed by atoms with E-state index in [2.05, 4.69) is 5.10 Å². The van der Waals surface area contributed by atoms with E-state index in [-0.39, 0.29) is 12.5 Å². The SMILES string of the molecule is O=C(COc1ccc(/C=N\N2C(=O)c3ccccc3C2=O)cc1)N1CCOCC1. The zero-order valence-electron chi connectivity index (χ0n) is 15.6. The number of carbonyl (C=O) groups is 3. The van der Waals surface area contributed by atoms with Gasteiger partial charge >= 0.3 is 0 Å². The number of morpholine rings is 1. The van der Waals surface area contributed by atoms with Gasteiger partial charge in [0.25, 0.3) is 17.7 Å². The molecule has 0 spiro atoms. The van der Waals surface area contributed by atoms with Gasteiger partial charge in [0.1, 0.15) is 5.75 Å². The highest BCUT2D eigenvalue weighted by Gasteiger charge is 2.35. The molecule has 1 saturated heterocycles. The van der Waals surface area contributed by atoms with Gasteiger partial charge in [-0.25, -0.2) is 0 Å². The van der Waals surface area contributed by atoms with E-state index >= 15 is 0 Å². The van der Waals surface area contributed by atoms with Crippen LogP contribution in [0.4, 0.5) is 0 Å². The third-order valence-corrected chi connectivity index (χ3v) is 4.70. The first-order valence-corrected chi connectivity index (χ1v) is 9.23. The molecule has 2 aliphatic heterocycles. The minimum atomic E-state index is -0.441. The maximum atomic E-state index is 12.3. The minimum absolute atomic E-state index is 0.0392. The molecular weight excluding hydrogens is 374 g/mol. The number of amides is 3. The molecule has 1 fully saturated rings. The summed E-state index contributed by atoms with van der Waals surface area (Å²) in [6, 6.07) is 13.5. The molecule has 0 atom stereocenters. The molecule has 4 rings (SSSR count). The average molecular weight is 393 g/mol. The standard InChI is InChI=1S/C21H19N3O5/c25-19(23-9-11-28-12-10-23)14-29-16-7-5-15(6-8-16)13-22-24-20(26)17-3-1-2-4-18(17)21(24)27/h1-8,13H,9-12,14H2/b22-13-. The Bertz CT molecular complexity index is 930. The van der Waals surface area contributed by atoms with Crippen LogP contribution in [0, 0.1) is 0 Å². The van der Waals surface area contributed by atoms with E-state index in [1.165, 1.54) is 6.21 Å². The number of ether oxygens (including phenoxy) is 2. The van der Waals surface area contributed by atoms with E-state index in [4.69, 9.17) is 9.47 Å². The van der Waals surface area contributed by atoms with E-state index in [9.17, 15) is 14.4 Å². The number of rotatable bonds is 5. The van der Waals surface area contributed by atoms with E-state index in [0.29, 0.717) is 48.7 Å². The molecule has 8 nitrogen and oxygen atoms in total. The molecule has 148 valence electrons. The third kappa shape index (κ3) is 4.02. The zero-order valence-corrected chi connectivity index (χ0v) is 15.6. The maximum Gasteiger partial charge on any atom is 0.282 e. The number of hydrogen-bond donors (Lipinski definition) is 0. The monoisotopic (exact) mass is 393 g/mol. The Balaban J connectivity index is 1.34. The fourth-order valence-corrected chi connectivity index (χ4v) is 3.11. The van der Waals surface area contributed by atoms with Crippen LogP contribution in [0.3, 0.4) is 0 Å². The Labute approximate surface area is 167 Å². The Hall–Kier alpha value is -3.52. The van der Waals surface area contributed by atoms with Gasteiger partial charge < -0.3 is 14.4 Å². The van der Waals surface area contributed by atoms with Crippen molar-refractivity contribution in [3.63, 3.8) is 0 Å². The quantitative estimate of drug-likeness (QED) is 0.568. The van der Waals surface area contributed by atoms with Crippen LogP contribution in [0.2, 0.25) is 0 Å². The molecule has 2 heterocycles. The highest BCUT2D eigenvalue weighted by molar-refractivity contribution is 6.21. The number of imide groups is 1. The lowest BCUT2D eigenvalue weighted by Gasteiger charge is -2.26. The van der Waals surface area contributed by atoms with Crippen molar-refractivity contribution in [2.24, 2.45) is 5.10 Å². The molecule has 0 radical (unpaired) electrons. The van der Waals surface area contributed by atoms with Crippen molar-refractivity contribution in [2.75, 3.05) is 32.9 Å². The van der Waals surface area contributed by atoms with E-state index in [1.807, 2.05) is 0 Å². The van der Waals surface area contributed by atoms with E-state index in [0.717, 1.165) is 5.01 Å². The molecule has 3 amide bonds. The largest absolute Gasteiger partial charge is 0.484 e. The van der Waals surface area contributed by atoms with Crippen molar-refractivity contribution < 1.29 is 23.9 Å². The number of carbonyl (C=O) groups excluding carboxylic acids is 3. The maximum absolute atomic E-state index is 12.3. The van der Waals surface area contributed by atoms with Crippen molar-refractivity contribution in [2.45, 2.75) is 0 Å². The van der Waals surface area contributed by atoms with Crippen LogP contribution in [0.1, 0.15) is 26.3 Å². The summed E-state index contributed by atoms with van der Waals surface area (Å²) in [5, 5.41) is 4.89. The second-order valence-electron chi connectivity index (χ2n) is 6.56. The Kier molecular flexibility index (Phi) is 5.35. The second kappa shape index (κ2) is 8.24. The fourth-order valence-electron chi connectivity index (χ4n) is 3.11. The van der Waals surface area contributed by atoms with Gasteiger partial charge in [-0.15, -0.1) is 0 Å². The highest BCUT2D eigenvalue weighted by atomic mass is 16.5. The topological polar surface area (TPSA) is 88.5 Å². The van der Waals surface area contributed by atoms with Crippen LogP contribution < -0.4 is 4.74 Å². The van der Waals surface area contributed by atoms with Crippen molar-refractivity contribution in [1.29, 1.82) is 0 Å².